The van der Waals surface area contributed by atoms with Gasteiger partial charge in [-0.3, -0.25) is 14.5 Å². The van der Waals surface area contributed by atoms with Crippen LogP contribution < -0.4 is 15.4 Å². The van der Waals surface area contributed by atoms with E-state index in [9.17, 15) is 14.4 Å². The van der Waals surface area contributed by atoms with Gasteiger partial charge < -0.3 is 19.9 Å². The lowest BCUT2D eigenvalue weighted by atomic mass is 10.1. The standard InChI is InChI=1S/C24H27N5O4/c1-14(2)22-26-18-11-16(7-10-20(18)28(22)3)25-21(30)12-19-23(31)29(24(32)27-19)13-15-5-8-17(33-4)9-6-15/h5-11,14,19H,12-13H2,1-4H3,(H,25,30)(H,27,32). The maximum Gasteiger partial charge on any atom is 0.325 e. The maximum atomic E-state index is 12.7. The molecule has 4 amide bonds. The maximum absolute atomic E-state index is 12.7. The Morgan fingerprint density at radius 3 is 2.58 bits per heavy atom. The second-order valence-corrected chi connectivity index (χ2v) is 8.41. The number of imide groups is 1. The number of amides is 4. The third-order valence-corrected chi connectivity index (χ3v) is 5.71. The van der Waals surface area contributed by atoms with Crippen molar-refractivity contribution in [3.63, 3.8) is 0 Å². The van der Waals surface area contributed by atoms with Gasteiger partial charge in [-0.1, -0.05) is 26.0 Å². The molecule has 0 aliphatic carbocycles. The number of urea groups is 1. The van der Waals surface area contributed by atoms with Crippen molar-refractivity contribution in [1.82, 2.24) is 19.8 Å². The summed E-state index contributed by atoms with van der Waals surface area (Å²) in [5, 5.41) is 5.41. The number of hydrogen-bond acceptors (Lipinski definition) is 5. The van der Waals surface area contributed by atoms with Gasteiger partial charge >= 0.3 is 6.03 Å². The number of methoxy groups -OCH3 is 1. The first kappa shape index (κ1) is 22.3. The first-order valence-electron chi connectivity index (χ1n) is 10.8. The normalized spacial score (nSPS) is 15.9. The first-order chi connectivity index (χ1) is 15.8. The number of benzene rings is 2. The summed E-state index contributed by atoms with van der Waals surface area (Å²) in [5.74, 6) is 1.14. The molecular formula is C24H27N5O4. The Labute approximate surface area is 191 Å². The number of ether oxygens (including phenoxy) is 1. The quantitative estimate of drug-likeness (QED) is 0.539. The van der Waals surface area contributed by atoms with Crippen molar-refractivity contribution < 1.29 is 19.1 Å². The summed E-state index contributed by atoms with van der Waals surface area (Å²) in [6.45, 7) is 4.28. The number of nitrogens with one attached hydrogen (secondary N) is 2. The molecule has 2 N–H and O–H groups in total. The topological polar surface area (TPSA) is 106 Å². The van der Waals surface area contributed by atoms with E-state index in [1.807, 2.05) is 23.7 Å². The van der Waals surface area contributed by atoms with E-state index >= 15 is 0 Å². The molecule has 1 aliphatic heterocycles. The Morgan fingerprint density at radius 1 is 1.18 bits per heavy atom. The predicted molar refractivity (Wildman–Crippen MR) is 124 cm³/mol. The summed E-state index contributed by atoms with van der Waals surface area (Å²) >= 11 is 0. The van der Waals surface area contributed by atoms with Gasteiger partial charge in [-0.05, 0) is 35.9 Å². The van der Waals surface area contributed by atoms with Crippen molar-refractivity contribution in [2.75, 3.05) is 12.4 Å². The predicted octanol–water partition coefficient (Wildman–Crippen LogP) is 3.15. The van der Waals surface area contributed by atoms with Crippen LogP contribution in [0.25, 0.3) is 11.0 Å². The molecule has 0 bridgehead atoms. The number of fused-ring (bicyclic) bond motifs is 1. The fourth-order valence-corrected chi connectivity index (χ4v) is 3.99. The number of nitrogens with zero attached hydrogens (tertiary/aromatic N) is 3. The van der Waals surface area contributed by atoms with E-state index in [0.29, 0.717) is 11.4 Å². The van der Waals surface area contributed by atoms with Gasteiger partial charge in [0.05, 0.1) is 31.1 Å². The number of aromatic nitrogens is 2. The minimum Gasteiger partial charge on any atom is -0.497 e. The highest BCUT2D eigenvalue weighted by molar-refractivity contribution is 6.07. The summed E-state index contributed by atoms with van der Waals surface area (Å²) in [7, 11) is 3.54. The van der Waals surface area contributed by atoms with Crippen molar-refractivity contribution in [3.8, 4) is 5.75 Å². The smallest absolute Gasteiger partial charge is 0.325 e. The van der Waals surface area contributed by atoms with E-state index in [-0.39, 0.29) is 24.8 Å². The third-order valence-electron chi connectivity index (χ3n) is 5.71. The Kier molecular flexibility index (Phi) is 6.04. The molecule has 0 saturated carbocycles. The number of rotatable bonds is 7. The van der Waals surface area contributed by atoms with Crippen molar-refractivity contribution >= 4 is 34.6 Å². The van der Waals surface area contributed by atoms with Crippen molar-refractivity contribution in [1.29, 1.82) is 0 Å². The van der Waals surface area contributed by atoms with E-state index < -0.39 is 18.0 Å². The van der Waals surface area contributed by atoms with Crippen molar-refractivity contribution in [2.24, 2.45) is 7.05 Å². The second-order valence-electron chi connectivity index (χ2n) is 8.41. The van der Waals surface area contributed by atoms with Gasteiger partial charge in [0.25, 0.3) is 5.91 Å². The number of aryl methyl sites for hydroxylation is 1. The number of hydrogen-bond donors (Lipinski definition) is 2. The Bertz CT molecular complexity index is 1220. The zero-order valence-corrected chi connectivity index (χ0v) is 19.1. The van der Waals surface area contributed by atoms with Crippen LogP contribution in [-0.2, 0) is 23.2 Å². The molecule has 4 rings (SSSR count). The third kappa shape index (κ3) is 4.52. The molecule has 0 radical (unpaired) electrons. The van der Waals surface area contributed by atoms with Crippen molar-refractivity contribution in [3.05, 3.63) is 53.9 Å². The Hall–Kier alpha value is -3.88. The Balaban J connectivity index is 1.40. The molecule has 2 heterocycles. The molecule has 1 fully saturated rings. The summed E-state index contributed by atoms with van der Waals surface area (Å²) in [5.41, 5.74) is 3.14. The molecular weight excluding hydrogens is 422 g/mol. The summed E-state index contributed by atoms with van der Waals surface area (Å²) < 4.78 is 7.16. The fraction of sp³-hybridized carbons (Fsp3) is 0.333. The molecule has 0 spiro atoms. The largest absolute Gasteiger partial charge is 0.497 e. The lowest BCUT2D eigenvalue weighted by molar-refractivity contribution is -0.130. The van der Waals surface area contributed by atoms with E-state index in [1.54, 1.807) is 37.4 Å². The van der Waals surface area contributed by atoms with Crippen LogP contribution in [0.4, 0.5) is 10.5 Å². The van der Waals surface area contributed by atoms with Crippen LogP contribution in [0.1, 0.15) is 37.6 Å². The van der Waals surface area contributed by atoms with Crippen LogP contribution in [0.2, 0.25) is 0 Å². The number of carbonyl (C=O) groups is 3. The monoisotopic (exact) mass is 449 g/mol. The molecule has 172 valence electrons. The van der Waals surface area contributed by atoms with Crippen LogP contribution in [0.5, 0.6) is 5.75 Å². The van der Waals surface area contributed by atoms with Gasteiger partial charge in [0.2, 0.25) is 5.91 Å². The van der Waals surface area contributed by atoms with Gasteiger partial charge in [-0.25, -0.2) is 9.78 Å². The highest BCUT2D eigenvalue weighted by Crippen LogP contribution is 2.24. The number of imidazole rings is 1. The van der Waals surface area contributed by atoms with Crippen LogP contribution >= 0.6 is 0 Å². The summed E-state index contributed by atoms with van der Waals surface area (Å²) in [4.78, 5) is 43.4. The summed E-state index contributed by atoms with van der Waals surface area (Å²) in [6, 6.07) is 11.2. The van der Waals surface area contributed by atoms with Crippen LogP contribution in [0.15, 0.2) is 42.5 Å². The Morgan fingerprint density at radius 2 is 1.91 bits per heavy atom. The van der Waals surface area contributed by atoms with E-state index in [2.05, 4.69) is 29.5 Å². The average Bonchev–Trinajstić information content (AvgIpc) is 3.25. The molecule has 3 aromatic rings. The molecule has 9 nitrogen and oxygen atoms in total. The molecule has 1 aliphatic rings. The van der Waals surface area contributed by atoms with E-state index in [1.165, 1.54) is 0 Å². The zero-order chi connectivity index (χ0) is 23.7. The minimum atomic E-state index is -0.901. The highest BCUT2D eigenvalue weighted by atomic mass is 16.5. The SMILES string of the molecule is COc1ccc(CN2C(=O)NC(CC(=O)Nc3ccc4c(c3)nc(C(C)C)n4C)C2=O)cc1. The summed E-state index contributed by atoms with van der Waals surface area (Å²) in [6.07, 6.45) is -0.152. The molecule has 9 heteroatoms. The minimum absolute atomic E-state index is 0.126. The van der Waals surface area contributed by atoms with Crippen molar-refractivity contribution in [2.45, 2.75) is 38.8 Å². The molecule has 2 aromatic carbocycles. The van der Waals surface area contributed by atoms with Crippen LogP contribution in [-0.4, -0.2) is 45.4 Å². The molecule has 1 saturated heterocycles. The molecule has 33 heavy (non-hydrogen) atoms. The number of anilines is 1. The fourth-order valence-electron chi connectivity index (χ4n) is 3.99. The first-order valence-corrected chi connectivity index (χ1v) is 10.8. The average molecular weight is 450 g/mol. The lowest BCUT2D eigenvalue weighted by Gasteiger charge is -2.13. The van der Waals surface area contributed by atoms with Gasteiger partial charge in [0, 0.05) is 18.7 Å². The van der Waals surface area contributed by atoms with Gasteiger partial charge in [0.15, 0.2) is 0 Å². The van der Waals surface area contributed by atoms with Crippen LogP contribution in [0.3, 0.4) is 0 Å². The van der Waals surface area contributed by atoms with Gasteiger partial charge in [-0.2, -0.15) is 0 Å². The van der Waals surface area contributed by atoms with Crippen LogP contribution in [0, 0.1) is 0 Å². The lowest BCUT2D eigenvalue weighted by Crippen LogP contribution is -2.34. The van der Waals surface area contributed by atoms with Gasteiger partial charge in [0.1, 0.15) is 17.6 Å². The second kappa shape index (κ2) is 8.93. The van der Waals surface area contributed by atoms with E-state index in [0.717, 1.165) is 27.3 Å². The number of carbonyl (C=O) groups excluding carboxylic acids is 3. The van der Waals surface area contributed by atoms with E-state index in [4.69, 9.17) is 4.74 Å². The zero-order valence-electron chi connectivity index (χ0n) is 19.1. The molecule has 1 aromatic heterocycles. The molecule has 1 unspecified atom stereocenters. The highest BCUT2D eigenvalue weighted by Gasteiger charge is 2.39. The molecule has 1 atom stereocenters. The van der Waals surface area contributed by atoms with Gasteiger partial charge in [-0.15, -0.1) is 0 Å².